The number of aryl methyl sites for hydroxylation is 1. The lowest BCUT2D eigenvalue weighted by Crippen LogP contribution is -2.35. The summed E-state index contributed by atoms with van der Waals surface area (Å²) in [6.07, 6.45) is 2.01. The predicted molar refractivity (Wildman–Crippen MR) is 114 cm³/mol. The Balaban J connectivity index is 1.80. The van der Waals surface area contributed by atoms with Gasteiger partial charge in [-0.05, 0) is 43.0 Å². The molecule has 158 valence electrons. The molecule has 30 heavy (non-hydrogen) atoms. The van der Waals surface area contributed by atoms with Crippen LogP contribution in [0.3, 0.4) is 0 Å². The molecule has 1 aromatic carbocycles. The summed E-state index contributed by atoms with van der Waals surface area (Å²) in [5, 5.41) is 0. The molecular formula is C21H25N5O4. The van der Waals surface area contributed by atoms with E-state index < -0.39 is 11.2 Å². The normalized spacial score (nSPS) is 15.0. The van der Waals surface area contributed by atoms with Crippen molar-refractivity contribution in [1.29, 1.82) is 0 Å². The standard InChI is InChI=1S/C21H25N5O4/c1-13-8-10-25(11-9-13)20-22-18-17(19(28)23-21(29)24(18)2)26(20)12-16(27)14-4-6-15(30-3)7-5-14/h4-7,13H,8-12H2,1-3H3,(H,23,28,29). The Bertz CT molecular complexity index is 1200. The number of rotatable bonds is 5. The largest absolute Gasteiger partial charge is 0.497 e. The number of fused-ring (bicyclic) bond motifs is 1. The maximum absolute atomic E-state index is 13.0. The summed E-state index contributed by atoms with van der Waals surface area (Å²) < 4.78 is 8.09. The smallest absolute Gasteiger partial charge is 0.329 e. The number of piperidine rings is 1. The molecule has 3 aromatic rings. The van der Waals surface area contributed by atoms with Crippen LogP contribution in [-0.2, 0) is 13.6 Å². The third-order valence-electron chi connectivity index (χ3n) is 5.77. The molecule has 0 unspecified atom stereocenters. The fourth-order valence-electron chi connectivity index (χ4n) is 3.83. The second-order valence-electron chi connectivity index (χ2n) is 7.81. The number of nitrogens with one attached hydrogen (secondary N) is 1. The zero-order valence-corrected chi connectivity index (χ0v) is 17.3. The molecule has 1 fully saturated rings. The first-order valence-corrected chi connectivity index (χ1v) is 10.0. The predicted octanol–water partition coefficient (Wildman–Crippen LogP) is 1.55. The Labute approximate surface area is 172 Å². The van der Waals surface area contributed by atoms with Crippen LogP contribution in [0, 0.1) is 5.92 Å². The number of aromatic nitrogens is 4. The molecule has 1 N–H and O–H groups in total. The number of carbonyl (C=O) groups excluding carboxylic acids is 1. The van der Waals surface area contributed by atoms with Crippen molar-refractivity contribution in [2.45, 2.75) is 26.3 Å². The SMILES string of the molecule is COc1ccc(C(=O)Cn2c(N3CCC(C)CC3)nc3c2c(=O)[nH]c(=O)n3C)cc1. The number of benzene rings is 1. The molecule has 9 nitrogen and oxygen atoms in total. The van der Waals surface area contributed by atoms with E-state index in [2.05, 4.69) is 21.8 Å². The van der Waals surface area contributed by atoms with Gasteiger partial charge in [-0.15, -0.1) is 0 Å². The van der Waals surface area contributed by atoms with E-state index in [4.69, 9.17) is 4.74 Å². The first kappa shape index (κ1) is 19.9. The molecule has 1 aliphatic rings. The first-order valence-electron chi connectivity index (χ1n) is 10.0. The first-order chi connectivity index (χ1) is 14.4. The fraction of sp³-hybridized carbons (Fsp3) is 0.429. The van der Waals surface area contributed by atoms with E-state index in [1.54, 1.807) is 43.0 Å². The average Bonchev–Trinajstić information content (AvgIpc) is 3.12. The number of imidazole rings is 1. The van der Waals surface area contributed by atoms with Crippen molar-refractivity contribution in [3.63, 3.8) is 0 Å². The second kappa shape index (κ2) is 7.81. The van der Waals surface area contributed by atoms with Gasteiger partial charge < -0.3 is 9.64 Å². The Kier molecular flexibility index (Phi) is 5.19. The van der Waals surface area contributed by atoms with Gasteiger partial charge in [-0.2, -0.15) is 4.98 Å². The summed E-state index contributed by atoms with van der Waals surface area (Å²) >= 11 is 0. The van der Waals surface area contributed by atoms with Gasteiger partial charge in [0.25, 0.3) is 5.56 Å². The van der Waals surface area contributed by atoms with Gasteiger partial charge in [0.05, 0.1) is 13.7 Å². The number of ketones is 1. The van der Waals surface area contributed by atoms with Crippen molar-refractivity contribution in [3.8, 4) is 5.75 Å². The van der Waals surface area contributed by atoms with Crippen LogP contribution in [0.4, 0.5) is 5.95 Å². The van der Waals surface area contributed by atoms with Crippen molar-refractivity contribution in [1.82, 2.24) is 19.1 Å². The van der Waals surface area contributed by atoms with Gasteiger partial charge in [-0.1, -0.05) is 6.92 Å². The Hall–Kier alpha value is -3.36. The highest BCUT2D eigenvalue weighted by Crippen LogP contribution is 2.25. The number of Topliss-reactive ketones (excluding diaryl/α,β-unsaturated/α-hetero) is 1. The zero-order valence-electron chi connectivity index (χ0n) is 17.3. The molecule has 2 aromatic heterocycles. The van der Waals surface area contributed by atoms with Crippen molar-refractivity contribution < 1.29 is 9.53 Å². The third kappa shape index (κ3) is 3.51. The molecule has 3 heterocycles. The summed E-state index contributed by atoms with van der Waals surface area (Å²) in [6.45, 7) is 3.73. The van der Waals surface area contributed by atoms with Crippen molar-refractivity contribution in [2.24, 2.45) is 13.0 Å². The van der Waals surface area contributed by atoms with E-state index in [1.165, 1.54) is 4.57 Å². The number of ether oxygens (including phenoxy) is 1. The number of anilines is 1. The highest BCUT2D eigenvalue weighted by atomic mass is 16.5. The van der Waals surface area contributed by atoms with Crippen LogP contribution in [0.15, 0.2) is 33.9 Å². The summed E-state index contributed by atoms with van der Waals surface area (Å²) in [7, 11) is 3.13. The number of hydrogen-bond donors (Lipinski definition) is 1. The Morgan fingerprint density at radius 2 is 1.87 bits per heavy atom. The Morgan fingerprint density at radius 1 is 1.20 bits per heavy atom. The van der Waals surface area contributed by atoms with Crippen molar-refractivity contribution in [3.05, 3.63) is 50.7 Å². The van der Waals surface area contributed by atoms with Crippen LogP contribution in [0.25, 0.3) is 11.2 Å². The minimum absolute atomic E-state index is 0.0501. The van der Waals surface area contributed by atoms with E-state index in [9.17, 15) is 14.4 Å². The minimum Gasteiger partial charge on any atom is -0.497 e. The molecule has 0 saturated carbocycles. The van der Waals surface area contributed by atoms with Crippen LogP contribution in [0.1, 0.15) is 30.1 Å². The molecule has 0 bridgehead atoms. The number of carbonyl (C=O) groups is 1. The summed E-state index contributed by atoms with van der Waals surface area (Å²) in [6, 6.07) is 6.84. The number of H-pyrrole nitrogens is 1. The van der Waals surface area contributed by atoms with Gasteiger partial charge in [-0.25, -0.2) is 4.79 Å². The highest BCUT2D eigenvalue weighted by Gasteiger charge is 2.25. The lowest BCUT2D eigenvalue weighted by atomic mass is 10.00. The highest BCUT2D eigenvalue weighted by molar-refractivity contribution is 5.97. The summed E-state index contributed by atoms with van der Waals surface area (Å²) in [4.78, 5) is 46.7. The van der Waals surface area contributed by atoms with E-state index in [-0.39, 0.29) is 23.5 Å². The molecular weight excluding hydrogens is 386 g/mol. The Morgan fingerprint density at radius 3 is 2.50 bits per heavy atom. The van der Waals surface area contributed by atoms with Gasteiger partial charge in [0, 0.05) is 25.7 Å². The lowest BCUT2D eigenvalue weighted by molar-refractivity contribution is 0.0973. The summed E-state index contributed by atoms with van der Waals surface area (Å²) in [5.74, 6) is 1.67. The average molecular weight is 411 g/mol. The maximum Gasteiger partial charge on any atom is 0.329 e. The van der Waals surface area contributed by atoms with Crippen molar-refractivity contribution >= 4 is 22.9 Å². The second-order valence-corrected chi connectivity index (χ2v) is 7.81. The molecule has 0 atom stereocenters. The molecule has 4 rings (SSSR count). The number of aromatic amines is 1. The van der Waals surface area contributed by atoms with Crippen LogP contribution in [0.5, 0.6) is 5.75 Å². The quantitative estimate of drug-likeness (QED) is 0.639. The van der Waals surface area contributed by atoms with Gasteiger partial charge in [0.15, 0.2) is 16.9 Å². The van der Waals surface area contributed by atoms with Crippen LogP contribution >= 0.6 is 0 Å². The van der Waals surface area contributed by atoms with Crippen LogP contribution in [-0.4, -0.2) is 45.1 Å². The molecule has 9 heteroatoms. The lowest BCUT2D eigenvalue weighted by Gasteiger charge is -2.31. The van der Waals surface area contributed by atoms with E-state index in [0.29, 0.717) is 23.2 Å². The molecule has 1 aliphatic heterocycles. The zero-order chi connectivity index (χ0) is 21.4. The summed E-state index contributed by atoms with van der Waals surface area (Å²) in [5.41, 5.74) is -0.0539. The van der Waals surface area contributed by atoms with Gasteiger partial charge in [0.1, 0.15) is 5.75 Å². The van der Waals surface area contributed by atoms with E-state index in [0.717, 1.165) is 25.9 Å². The minimum atomic E-state index is -0.542. The molecule has 0 radical (unpaired) electrons. The molecule has 0 aliphatic carbocycles. The van der Waals surface area contributed by atoms with E-state index >= 15 is 0 Å². The number of methoxy groups -OCH3 is 1. The number of nitrogens with zero attached hydrogens (tertiary/aromatic N) is 4. The van der Waals surface area contributed by atoms with Gasteiger partial charge >= 0.3 is 5.69 Å². The van der Waals surface area contributed by atoms with Crippen LogP contribution in [0.2, 0.25) is 0 Å². The topological polar surface area (TPSA) is 102 Å². The van der Waals surface area contributed by atoms with E-state index in [1.807, 2.05) is 0 Å². The fourth-order valence-corrected chi connectivity index (χ4v) is 3.83. The van der Waals surface area contributed by atoms with Crippen molar-refractivity contribution in [2.75, 3.05) is 25.1 Å². The van der Waals surface area contributed by atoms with Gasteiger partial charge in [0.2, 0.25) is 5.95 Å². The molecule has 0 amide bonds. The molecule has 0 spiro atoms. The maximum atomic E-state index is 13.0. The molecule has 1 saturated heterocycles. The third-order valence-corrected chi connectivity index (χ3v) is 5.77. The van der Waals surface area contributed by atoms with Gasteiger partial charge in [-0.3, -0.25) is 23.7 Å². The van der Waals surface area contributed by atoms with Crippen LogP contribution < -0.4 is 20.9 Å². The number of hydrogen-bond acceptors (Lipinski definition) is 6. The monoisotopic (exact) mass is 411 g/mol.